The summed E-state index contributed by atoms with van der Waals surface area (Å²) in [6, 6.07) is 0.497. The van der Waals surface area contributed by atoms with Crippen molar-refractivity contribution in [1.29, 1.82) is 0 Å². The molecule has 1 unspecified atom stereocenters. The molecule has 1 aliphatic heterocycles. The van der Waals surface area contributed by atoms with Crippen LogP contribution in [0.1, 0.15) is 35.0 Å². The van der Waals surface area contributed by atoms with Crippen LogP contribution in [0.2, 0.25) is 0 Å². The van der Waals surface area contributed by atoms with Gasteiger partial charge in [0, 0.05) is 18.3 Å². The third kappa shape index (κ3) is 4.89. The molecule has 10 nitrogen and oxygen atoms in total. The summed E-state index contributed by atoms with van der Waals surface area (Å²) < 4.78 is 96.5. The zero-order chi connectivity index (χ0) is 29.8. The first kappa shape index (κ1) is 29.0. The lowest BCUT2D eigenvalue weighted by atomic mass is 9.98. The summed E-state index contributed by atoms with van der Waals surface area (Å²) in [5.74, 6) is -3.13. The number of nitrogens with zero attached hydrogens (tertiary/aromatic N) is 5. The van der Waals surface area contributed by atoms with Crippen LogP contribution >= 0.6 is 0 Å². The van der Waals surface area contributed by atoms with E-state index in [1.165, 1.54) is 19.2 Å². The van der Waals surface area contributed by atoms with E-state index in [9.17, 15) is 45.4 Å². The fourth-order valence-electron chi connectivity index (χ4n) is 4.44. The number of carbonyl (C=O) groups excluding carboxylic acids is 2. The number of hydrogen-bond donors (Lipinski definition) is 3. The molecule has 4 rings (SSSR count). The van der Waals surface area contributed by atoms with Gasteiger partial charge in [0.25, 0.3) is 11.8 Å². The first-order valence-corrected chi connectivity index (χ1v) is 11.7. The highest BCUT2D eigenvalue weighted by molar-refractivity contribution is 5.97. The van der Waals surface area contributed by atoms with Gasteiger partial charge in [0.05, 0.1) is 35.1 Å². The Morgan fingerprint density at radius 3 is 2.42 bits per heavy atom. The third-order valence-corrected chi connectivity index (χ3v) is 6.70. The highest BCUT2D eigenvalue weighted by Gasteiger charge is 2.60. The second-order valence-electron chi connectivity index (χ2n) is 9.22. The zero-order valence-electron chi connectivity index (χ0n) is 20.8. The number of amides is 2. The molecule has 0 spiro atoms. The number of carbonyl (C=O) groups is 2. The monoisotopic (exact) mass is 577 g/mol. The minimum atomic E-state index is -5.31. The Balaban J connectivity index is 1.62. The number of nitrogens with one attached hydrogen (secondary N) is 1. The highest BCUT2D eigenvalue weighted by atomic mass is 19.4. The number of rotatable bonds is 5. The molecule has 3 aromatic heterocycles. The van der Waals surface area contributed by atoms with Crippen LogP contribution in [0.15, 0.2) is 24.7 Å². The maximum Gasteiger partial charge on any atom is 0.426 e. The normalized spacial score (nSPS) is 19.6. The number of alkyl halides is 7. The number of anilines is 1. The molecule has 4 heterocycles. The average molecular weight is 577 g/mol. The van der Waals surface area contributed by atoms with E-state index < -0.39 is 78.4 Å². The lowest BCUT2D eigenvalue weighted by molar-refractivity contribution is -0.256. The largest absolute Gasteiger partial charge is 0.426 e. The number of fused-ring (bicyclic) bond motifs is 1. The number of aliphatic hydroxyl groups is 1. The molecule has 40 heavy (non-hydrogen) atoms. The lowest BCUT2D eigenvalue weighted by Crippen LogP contribution is -2.57. The van der Waals surface area contributed by atoms with Gasteiger partial charge in [-0.2, -0.15) is 31.4 Å². The molecule has 2 amide bonds. The van der Waals surface area contributed by atoms with Crippen LogP contribution in [-0.4, -0.2) is 78.5 Å². The number of nitrogens with two attached hydrogens (primary N) is 1. The van der Waals surface area contributed by atoms with E-state index >= 15 is 0 Å². The van der Waals surface area contributed by atoms with E-state index in [0.29, 0.717) is 4.90 Å². The molecule has 3 aromatic rings. The average Bonchev–Trinajstić information content (AvgIpc) is 3.44. The molecular formula is C23H22F7N7O3. The Bertz CT molecular complexity index is 1470. The Labute approximate surface area is 221 Å². The number of aromatic nitrogens is 4. The Kier molecular flexibility index (Phi) is 7.15. The van der Waals surface area contributed by atoms with Gasteiger partial charge in [0.15, 0.2) is 5.82 Å². The van der Waals surface area contributed by atoms with Crippen LogP contribution in [0, 0.1) is 6.92 Å². The topological polar surface area (TPSA) is 139 Å². The van der Waals surface area contributed by atoms with E-state index in [2.05, 4.69) is 20.4 Å². The van der Waals surface area contributed by atoms with Crippen molar-refractivity contribution in [2.24, 2.45) is 0 Å². The maximum atomic E-state index is 14.7. The van der Waals surface area contributed by atoms with Crippen molar-refractivity contribution in [3.05, 3.63) is 41.5 Å². The lowest BCUT2D eigenvalue weighted by Gasteiger charge is -2.31. The second kappa shape index (κ2) is 9.87. The molecule has 4 N–H and O–H groups in total. The van der Waals surface area contributed by atoms with Crippen LogP contribution in [0.25, 0.3) is 16.8 Å². The number of hydrogen-bond acceptors (Lipinski definition) is 7. The van der Waals surface area contributed by atoms with Crippen molar-refractivity contribution in [2.45, 2.75) is 50.4 Å². The summed E-state index contributed by atoms with van der Waals surface area (Å²) in [4.78, 5) is 33.6. The van der Waals surface area contributed by atoms with Gasteiger partial charge in [0.1, 0.15) is 18.0 Å². The summed E-state index contributed by atoms with van der Waals surface area (Å²) in [6.07, 6.45) is -11.0. The molecule has 1 fully saturated rings. The second-order valence-corrected chi connectivity index (χ2v) is 9.22. The van der Waals surface area contributed by atoms with Gasteiger partial charge >= 0.3 is 12.4 Å². The van der Waals surface area contributed by atoms with Gasteiger partial charge in [-0.05, 0) is 25.5 Å². The van der Waals surface area contributed by atoms with Crippen molar-refractivity contribution in [1.82, 2.24) is 29.8 Å². The van der Waals surface area contributed by atoms with Gasteiger partial charge < -0.3 is 21.1 Å². The summed E-state index contributed by atoms with van der Waals surface area (Å²) in [7, 11) is 0. The number of aryl methyl sites for hydroxylation is 1. The Morgan fingerprint density at radius 2 is 1.82 bits per heavy atom. The van der Waals surface area contributed by atoms with E-state index in [0.717, 1.165) is 23.8 Å². The minimum Gasteiger partial charge on any atom is -0.382 e. The molecule has 17 heteroatoms. The number of nitrogen functional groups attached to an aromatic ring is 1. The van der Waals surface area contributed by atoms with Crippen molar-refractivity contribution in [3.63, 3.8) is 0 Å². The summed E-state index contributed by atoms with van der Waals surface area (Å²) in [5.41, 5.74) is 0.0850. The van der Waals surface area contributed by atoms with Crippen molar-refractivity contribution in [2.75, 3.05) is 18.8 Å². The van der Waals surface area contributed by atoms with Crippen LogP contribution in [0.4, 0.5) is 36.6 Å². The fraction of sp³-hybridized carbons (Fsp3) is 0.435. The first-order chi connectivity index (χ1) is 18.5. The zero-order valence-corrected chi connectivity index (χ0v) is 20.8. The highest BCUT2D eigenvalue weighted by Crippen LogP contribution is 2.39. The van der Waals surface area contributed by atoms with Gasteiger partial charge in [-0.1, -0.05) is 6.92 Å². The molecule has 0 saturated carbocycles. The van der Waals surface area contributed by atoms with Crippen molar-refractivity contribution < 1.29 is 45.4 Å². The van der Waals surface area contributed by atoms with E-state index in [-0.39, 0.29) is 22.5 Å². The van der Waals surface area contributed by atoms with Crippen LogP contribution in [0.5, 0.6) is 0 Å². The van der Waals surface area contributed by atoms with Gasteiger partial charge in [-0.15, -0.1) is 0 Å². The Hall–Kier alpha value is -4.02. The summed E-state index contributed by atoms with van der Waals surface area (Å²) in [6.45, 7) is 0.878. The SMILES string of the molecule is CCC(O)(C(=O)N1C[C@H](F)[C@H](NC(=O)c2cc(-c3cc(C(F)(F)F)c4c(N)ncnn34)cnc2C)C1)C(F)(F)F. The molecular weight excluding hydrogens is 555 g/mol. The maximum absolute atomic E-state index is 14.7. The standard InChI is InChI=1S/C23H22F7N7O3/c1-3-21(40,23(28,29)30)20(39)36-7-14(24)15(8-36)35-19(38)12-4-11(6-32-10(12)2)16-5-13(22(25,26)27)17-18(31)33-9-34-37(16)17/h4-6,9,14-15,40H,3,7-8H2,1-2H3,(H,35,38)(H2,31,33,34)/t14-,15+,21?/m0/s1. The van der Waals surface area contributed by atoms with E-state index in [4.69, 9.17) is 5.73 Å². The molecule has 1 saturated heterocycles. The Morgan fingerprint density at radius 1 is 1.15 bits per heavy atom. The number of likely N-dealkylation sites (tertiary alicyclic amines) is 1. The predicted molar refractivity (Wildman–Crippen MR) is 124 cm³/mol. The van der Waals surface area contributed by atoms with Gasteiger partial charge in [0.2, 0.25) is 5.60 Å². The molecule has 0 aromatic carbocycles. The molecule has 216 valence electrons. The smallest absolute Gasteiger partial charge is 0.382 e. The minimum absolute atomic E-state index is 0.0116. The van der Waals surface area contributed by atoms with Crippen molar-refractivity contribution >= 4 is 23.1 Å². The fourth-order valence-corrected chi connectivity index (χ4v) is 4.44. The predicted octanol–water partition coefficient (Wildman–Crippen LogP) is 2.68. The van der Waals surface area contributed by atoms with E-state index in [1.807, 2.05) is 0 Å². The van der Waals surface area contributed by atoms with Crippen molar-refractivity contribution in [3.8, 4) is 11.3 Å². The van der Waals surface area contributed by atoms with Gasteiger partial charge in [-0.25, -0.2) is 13.9 Å². The van der Waals surface area contributed by atoms with E-state index in [1.54, 1.807) is 0 Å². The quantitative estimate of drug-likeness (QED) is 0.397. The number of pyridine rings is 1. The molecule has 0 bridgehead atoms. The molecule has 0 radical (unpaired) electrons. The third-order valence-electron chi connectivity index (χ3n) is 6.70. The van der Waals surface area contributed by atoms with Crippen LogP contribution in [-0.2, 0) is 11.0 Å². The number of halogens is 7. The molecule has 1 aliphatic rings. The van der Waals surface area contributed by atoms with Gasteiger partial charge in [-0.3, -0.25) is 14.6 Å². The summed E-state index contributed by atoms with van der Waals surface area (Å²) >= 11 is 0. The van der Waals surface area contributed by atoms with Crippen LogP contribution in [0.3, 0.4) is 0 Å². The molecule has 3 atom stereocenters. The molecule has 0 aliphatic carbocycles. The first-order valence-electron chi connectivity index (χ1n) is 11.7. The summed E-state index contributed by atoms with van der Waals surface area (Å²) in [5, 5.41) is 16.0. The van der Waals surface area contributed by atoms with Crippen LogP contribution < -0.4 is 11.1 Å².